The molecule has 0 aliphatic carbocycles. The van der Waals surface area contributed by atoms with Crippen molar-refractivity contribution in [2.24, 2.45) is 26.4 Å². The summed E-state index contributed by atoms with van der Waals surface area (Å²) in [4.78, 5) is -0.501. The lowest BCUT2D eigenvalue weighted by Gasteiger charge is -2.10. The van der Waals surface area contributed by atoms with Gasteiger partial charge in [0.25, 0.3) is 0 Å². The maximum absolute atomic E-state index is 5.30. The average molecular weight is 159 g/mol. The minimum atomic E-state index is -0.501. The van der Waals surface area contributed by atoms with Gasteiger partial charge >= 0.3 is 0 Å². The molecule has 5 nitrogen and oxygen atoms in total. The van der Waals surface area contributed by atoms with Crippen LogP contribution in [0.25, 0.3) is 0 Å². The predicted molar refractivity (Wildman–Crippen MR) is 39.6 cm³/mol. The van der Waals surface area contributed by atoms with E-state index in [4.69, 9.17) is 5.73 Å². The van der Waals surface area contributed by atoms with Crippen LogP contribution in [-0.4, -0.2) is 17.3 Å². The van der Waals surface area contributed by atoms with Crippen LogP contribution in [0.15, 0.2) is 20.7 Å². The first-order valence-electron chi connectivity index (χ1n) is 2.95. The summed E-state index contributed by atoms with van der Waals surface area (Å²) in [6, 6.07) is 0. The molecule has 1 rings (SSSR count). The Hall–Kier alpha value is -0.490. The second kappa shape index (κ2) is 3.07. The fraction of sp³-hybridized carbons (Fsp3) is 1.00. The van der Waals surface area contributed by atoms with Crippen LogP contribution in [-0.2, 0) is 0 Å². The van der Waals surface area contributed by atoms with Gasteiger partial charge in [-0.15, -0.1) is 22.0 Å². The van der Waals surface area contributed by atoms with Crippen molar-refractivity contribution in [2.75, 3.05) is 12.3 Å². The molecule has 0 fully saturated rings. The van der Waals surface area contributed by atoms with E-state index in [9.17, 15) is 0 Å². The molecule has 56 valence electrons. The van der Waals surface area contributed by atoms with Crippen LogP contribution >= 0.6 is 11.8 Å². The molecule has 1 heterocycles. The van der Waals surface area contributed by atoms with Crippen molar-refractivity contribution < 1.29 is 0 Å². The Labute approximate surface area is 63.2 Å². The summed E-state index contributed by atoms with van der Waals surface area (Å²) >= 11 is 1.54. The Morgan fingerprint density at radius 3 is 2.50 bits per heavy atom. The zero-order valence-electron chi connectivity index (χ0n) is 5.69. The molecule has 0 radical (unpaired) electrons. The van der Waals surface area contributed by atoms with Gasteiger partial charge in [0.15, 0.2) is 0 Å². The molecule has 0 aromatic rings. The Balaban J connectivity index is 2.38. The smallest absolute Gasteiger partial charge is 0.237 e. The molecule has 0 aromatic carbocycles. The second-order valence-corrected chi connectivity index (χ2v) is 3.42. The van der Waals surface area contributed by atoms with Crippen molar-refractivity contribution in [2.45, 2.75) is 11.9 Å². The van der Waals surface area contributed by atoms with Gasteiger partial charge in [0.2, 0.25) is 4.99 Å². The van der Waals surface area contributed by atoms with Gasteiger partial charge in [0, 0.05) is 12.3 Å². The molecule has 0 unspecified atom stereocenters. The SMILES string of the molecule is CC1(SCCN)N=NN=N1. The van der Waals surface area contributed by atoms with E-state index in [1.807, 2.05) is 6.92 Å². The lowest BCUT2D eigenvalue weighted by atomic mass is 10.6. The molecular formula is C4H9N5S. The Morgan fingerprint density at radius 2 is 2.00 bits per heavy atom. The lowest BCUT2D eigenvalue weighted by molar-refractivity contribution is 0.710. The van der Waals surface area contributed by atoms with Crippen LogP contribution in [0.1, 0.15) is 6.92 Å². The zero-order valence-corrected chi connectivity index (χ0v) is 6.51. The first-order chi connectivity index (χ1) is 4.77. The van der Waals surface area contributed by atoms with Crippen LogP contribution in [0.2, 0.25) is 0 Å². The number of hydrogen-bond acceptors (Lipinski definition) is 6. The van der Waals surface area contributed by atoms with Gasteiger partial charge in [-0.05, 0) is 17.4 Å². The minimum absolute atomic E-state index is 0.501. The van der Waals surface area contributed by atoms with E-state index in [0.717, 1.165) is 5.75 Å². The van der Waals surface area contributed by atoms with Crippen LogP contribution in [0.4, 0.5) is 0 Å². The van der Waals surface area contributed by atoms with E-state index in [-0.39, 0.29) is 0 Å². The summed E-state index contributed by atoms with van der Waals surface area (Å²) in [5.74, 6) is 0.828. The third-order valence-corrected chi connectivity index (χ3v) is 2.14. The van der Waals surface area contributed by atoms with E-state index in [1.165, 1.54) is 0 Å². The number of nitrogens with zero attached hydrogens (tertiary/aromatic N) is 4. The standard InChI is InChI=1S/C4H9N5S/c1-4(10-3-2-5)6-8-9-7-4/h2-3,5H2,1H3. The molecule has 1 aliphatic heterocycles. The predicted octanol–water partition coefficient (Wildman–Crippen LogP) is 1.18. The van der Waals surface area contributed by atoms with Crippen LogP contribution in [0.5, 0.6) is 0 Å². The van der Waals surface area contributed by atoms with Crippen molar-refractivity contribution in [3.8, 4) is 0 Å². The van der Waals surface area contributed by atoms with Gasteiger partial charge in [-0.2, -0.15) is 0 Å². The van der Waals surface area contributed by atoms with Crippen LogP contribution in [0.3, 0.4) is 0 Å². The van der Waals surface area contributed by atoms with E-state index < -0.39 is 4.99 Å². The third-order valence-electron chi connectivity index (χ3n) is 0.994. The first-order valence-corrected chi connectivity index (χ1v) is 3.93. The van der Waals surface area contributed by atoms with Gasteiger partial charge in [0.05, 0.1) is 0 Å². The van der Waals surface area contributed by atoms with Gasteiger partial charge in [-0.1, -0.05) is 0 Å². The van der Waals surface area contributed by atoms with E-state index >= 15 is 0 Å². The van der Waals surface area contributed by atoms with Gasteiger partial charge in [0.1, 0.15) is 0 Å². The van der Waals surface area contributed by atoms with Crippen molar-refractivity contribution in [1.82, 2.24) is 0 Å². The fourth-order valence-corrected chi connectivity index (χ4v) is 1.23. The van der Waals surface area contributed by atoms with Gasteiger partial charge in [-0.3, -0.25) is 0 Å². The second-order valence-electron chi connectivity index (χ2n) is 1.95. The largest absolute Gasteiger partial charge is 0.330 e. The van der Waals surface area contributed by atoms with E-state index in [1.54, 1.807) is 11.8 Å². The summed E-state index contributed by atoms with van der Waals surface area (Å²) in [5.41, 5.74) is 5.30. The van der Waals surface area contributed by atoms with Gasteiger partial charge < -0.3 is 5.73 Å². The molecule has 10 heavy (non-hydrogen) atoms. The number of thioether (sulfide) groups is 1. The molecule has 0 spiro atoms. The highest BCUT2D eigenvalue weighted by Crippen LogP contribution is 2.31. The topological polar surface area (TPSA) is 75.5 Å². The highest BCUT2D eigenvalue weighted by molar-refractivity contribution is 8.00. The van der Waals surface area contributed by atoms with Crippen molar-refractivity contribution >= 4 is 11.8 Å². The lowest BCUT2D eigenvalue weighted by Crippen LogP contribution is -2.14. The maximum Gasteiger partial charge on any atom is 0.237 e. The number of nitrogens with two attached hydrogens (primary N) is 1. The fourth-order valence-electron chi connectivity index (χ4n) is 0.536. The first kappa shape index (κ1) is 7.62. The molecule has 0 atom stereocenters. The number of rotatable bonds is 3. The molecule has 0 bridgehead atoms. The van der Waals surface area contributed by atoms with E-state index in [0.29, 0.717) is 6.54 Å². The summed E-state index contributed by atoms with van der Waals surface area (Å²) in [7, 11) is 0. The molecule has 0 aromatic heterocycles. The summed E-state index contributed by atoms with van der Waals surface area (Å²) in [6.45, 7) is 2.48. The van der Waals surface area contributed by atoms with Crippen molar-refractivity contribution in [3.63, 3.8) is 0 Å². The maximum atomic E-state index is 5.30. The highest BCUT2D eigenvalue weighted by Gasteiger charge is 2.26. The average Bonchev–Trinajstić information content (AvgIpc) is 2.33. The molecule has 6 heteroatoms. The van der Waals surface area contributed by atoms with E-state index in [2.05, 4.69) is 20.7 Å². The van der Waals surface area contributed by atoms with Crippen LogP contribution in [0, 0.1) is 0 Å². The molecule has 0 saturated carbocycles. The van der Waals surface area contributed by atoms with Gasteiger partial charge in [-0.25, -0.2) is 0 Å². The molecule has 1 aliphatic rings. The highest BCUT2D eigenvalue weighted by atomic mass is 32.2. The summed E-state index contributed by atoms with van der Waals surface area (Å²) in [5, 5.41) is 14.4. The minimum Gasteiger partial charge on any atom is -0.330 e. The monoisotopic (exact) mass is 159 g/mol. The quantitative estimate of drug-likeness (QED) is 0.671. The summed E-state index contributed by atoms with van der Waals surface area (Å²) in [6.07, 6.45) is 0. The normalized spacial score (nSPS) is 20.2. The Kier molecular flexibility index (Phi) is 2.34. The molecular weight excluding hydrogens is 150 g/mol. The Bertz CT molecular complexity index is 153. The number of hydrogen-bond donors (Lipinski definition) is 1. The molecule has 0 amide bonds. The van der Waals surface area contributed by atoms with Crippen molar-refractivity contribution in [1.29, 1.82) is 0 Å². The molecule has 2 N–H and O–H groups in total. The zero-order chi connectivity index (χ0) is 7.45. The summed E-state index contributed by atoms with van der Waals surface area (Å²) < 4.78 is 0. The van der Waals surface area contributed by atoms with Crippen molar-refractivity contribution in [3.05, 3.63) is 0 Å². The van der Waals surface area contributed by atoms with Crippen LogP contribution < -0.4 is 5.73 Å². The molecule has 0 saturated heterocycles. The Morgan fingerprint density at radius 1 is 1.40 bits per heavy atom. The third kappa shape index (κ3) is 1.74.